The molecule has 0 bridgehead atoms. The van der Waals surface area contributed by atoms with Crippen LogP contribution in [0.1, 0.15) is 31.9 Å². The SMILES string of the molecule is Cc1cc2cc(-c3ccccc3C(F)(F)F)n(C(=O)OC(C)(C)C)c2nc1Cl. The number of aromatic nitrogens is 2. The lowest BCUT2D eigenvalue weighted by Crippen LogP contribution is -2.27. The minimum atomic E-state index is -4.59. The number of rotatable bonds is 1. The van der Waals surface area contributed by atoms with Gasteiger partial charge in [0.2, 0.25) is 0 Å². The fourth-order valence-corrected chi connectivity index (χ4v) is 2.99. The first kappa shape index (κ1) is 20.2. The Morgan fingerprint density at radius 2 is 1.79 bits per heavy atom. The normalized spacial score (nSPS) is 12.4. The zero-order chi connectivity index (χ0) is 20.9. The van der Waals surface area contributed by atoms with Gasteiger partial charge in [0.25, 0.3) is 0 Å². The van der Waals surface area contributed by atoms with Crippen LogP contribution in [0.15, 0.2) is 36.4 Å². The van der Waals surface area contributed by atoms with Gasteiger partial charge in [-0.1, -0.05) is 29.8 Å². The molecular weight excluding hydrogens is 393 g/mol. The van der Waals surface area contributed by atoms with Crippen molar-refractivity contribution < 1.29 is 22.7 Å². The average molecular weight is 411 g/mol. The van der Waals surface area contributed by atoms with Gasteiger partial charge in [-0.05, 0) is 51.5 Å². The lowest BCUT2D eigenvalue weighted by atomic mass is 10.0. The van der Waals surface area contributed by atoms with Gasteiger partial charge >= 0.3 is 12.3 Å². The first-order valence-electron chi connectivity index (χ1n) is 8.47. The van der Waals surface area contributed by atoms with E-state index >= 15 is 0 Å². The number of hydrogen-bond acceptors (Lipinski definition) is 3. The van der Waals surface area contributed by atoms with Gasteiger partial charge in [-0.15, -0.1) is 0 Å². The van der Waals surface area contributed by atoms with E-state index in [0.29, 0.717) is 10.9 Å². The largest absolute Gasteiger partial charge is 0.443 e. The second-order valence-corrected chi connectivity index (χ2v) is 7.76. The highest BCUT2D eigenvalue weighted by Crippen LogP contribution is 2.39. The van der Waals surface area contributed by atoms with Crippen molar-refractivity contribution in [3.8, 4) is 11.3 Å². The maximum atomic E-state index is 13.6. The highest BCUT2D eigenvalue weighted by molar-refractivity contribution is 6.30. The van der Waals surface area contributed by atoms with Crippen molar-refractivity contribution in [1.82, 2.24) is 9.55 Å². The summed E-state index contributed by atoms with van der Waals surface area (Å²) >= 11 is 6.10. The molecule has 2 heterocycles. The van der Waals surface area contributed by atoms with Crippen molar-refractivity contribution in [2.75, 3.05) is 0 Å². The Morgan fingerprint density at radius 3 is 2.39 bits per heavy atom. The molecule has 3 aromatic rings. The topological polar surface area (TPSA) is 44.1 Å². The summed E-state index contributed by atoms with van der Waals surface area (Å²) in [5, 5.41) is 0.644. The summed E-state index contributed by atoms with van der Waals surface area (Å²) in [6.45, 7) is 6.74. The van der Waals surface area contributed by atoms with E-state index in [1.807, 2.05) is 0 Å². The van der Waals surface area contributed by atoms with Crippen molar-refractivity contribution in [3.63, 3.8) is 0 Å². The second-order valence-electron chi connectivity index (χ2n) is 7.40. The molecule has 0 saturated carbocycles. The molecule has 0 aliphatic rings. The van der Waals surface area contributed by atoms with Crippen molar-refractivity contribution in [3.05, 3.63) is 52.7 Å². The minimum absolute atomic E-state index is 0.0336. The monoisotopic (exact) mass is 410 g/mol. The predicted molar refractivity (Wildman–Crippen MR) is 102 cm³/mol. The highest BCUT2D eigenvalue weighted by atomic mass is 35.5. The molecule has 0 aliphatic carbocycles. The molecule has 2 aromatic heterocycles. The fraction of sp³-hybridized carbons (Fsp3) is 0.300. The van der Waals surface area contributed by atoms with Crippen molar-refractivity contribution in [1.29, 1.82) is 0 Å². The number of nitrogens with zero attached hydrogens (tertiary/aromatic N) is 2. The third-order valence-electron chi connectivity index (χ3n) is 3.99. The molecule has 0 fully saturated rings. The van der Waals surface area contributed by atoms with E-state index in [2.05, 4.69) is 4.98 Å². The molecule has 0 saturated heterocycles. The lowest BCUT2D eigenvalue weighted by Gasteiger charge is -2.21. The van der Waals surface area contributed by atoms with Crippen LogP contribution in [-0.2, 0) is 10.9 Å². The van der Waals surface area contributed by atoms with Crippen LogP contribution >= 0.6 is 11.6 Å². The number of carbonyl (C=O) groups excluding carboxylic acids is 1. The van der Waals surface area contributed by atoms with Crippen LogP contribution in [-0.4, -0.2) is 21.2 Å². The molecule has 0 amide bonds. The number of halogens is 4. The van der Waals surface area contributed by atoms with Crippen LogP contribution in [0.5, 0.6) is 0 Å². The molecule has 0 radical (unpaired) electrons. The van der Waals surface area contributed by atoms with Crippen LogP contribution in [0.25, 0.3) is 22.3 Å². The molecule has 1 aromatic carbocycles. The van der Waals surface area contributed by atoms with Crippen molar-refractivity contribution in [2.45, 2.75) is 39.5 Å². The smallest absolute Gasteiger partial charge is 0.420 e. The number of fused-ring (bicyclic) bond motifs is 1. The standard InChI is InChI=1S/C20H18ClF3N2O2/c1-11-9-12-10-15(13-7-5-6-8-14(13)20(22,23)24)26(17(12)25-16(11)21)18(27)28-19(2,3)4/h5-10H,1-4H3. The zero-order valence-corrected chi connectivity index (χ0v) is 16.4. The van der Waals surface area contributed by atoms with E-state index in [1.54, 1.807) is 33.8 Å². The molecule has 0 spiro atoms. The summed E-state index contributed by atoms with van der Waals surface area (Å²) in [6, 6.07) is 8.22. The molecule has 0 unspecified atom stereocenters. The van der Waals surface area contributed by atoms with Gasteiger partial charge in [0.1, 0.15) is 10.8 Å². The summed E-state index contributed by atoms with van der Waals surface area (Å²) in [6.07, 6.45) is -5.42. The Bertz CT molecular complexity index is 1070. The summed E-state index contributed by atoms with van der Waals surface area (Å²) in [5.74, 6) is 0. The first-order chi connectivity index (χ1) is 12.9. The lowest BCUT2D eigenvalue weighted by molar-refractivity contribution is -0.137. The number of alkyl halides is 3. The summed E-state index contributed by atoms with van der Waals surface area (Å²) in [4.78, 5) is 17.1. The van der Waals surface area contributed by atoms with E-state index < -0.39 is 23.4 Å². The minimum Gasteiger partial charge on any atom is -0.443 e. The molecule has 148 valence electrons. The number of ether oxygens (including phenoxy) is 1. The maximum Gasteiger partial charge on any atom is 0.420 e. The molecule has 3 rings (SSSR count). The zero-order valence-electron chi connectivity index (χ0n) is 15.7. The van der Waals surface area contributed by atoms with Crippen LogP contribution in [0, 0.1) is 6.92 Å². The third kappa shape index (κ3) is 3.85. The van der Waals surface area contributed by atoms with Gasteiger partial charge in [-0.2, -0.15) is 13.2 Å². The summed E-state index contributed by atoms with van der Waals surface area (Å²) < 4.78 is 47.1. The number of hydrogen-bond donors (Lipinski definition) is 0. The van der Waals surface area contributed by atoms with E-state index in [4.69, 9.17) is 16.3 Å². The predicted octanol–water partition coefficient (Wildman–Crippen LogP) is 6.47. The number of pyridine rings is 1. The van der Waals surface area contributed by atoms with Crippen LogP contribution in [0.2, 0.25) is 5.15 Å². The number of aryl methyl sites for hydroxylation is 1. The van der Waals surface area contributed by atoms with Crippen LogP contribution in [0.4, 0.5) is 18.0 Å². The van der Waals surface area contributed by atoms with E-state index in [0.717, 1.165) is 10.6 Å². The molecule has 0 aliphatic heterocycles. The average Bonchev–Trinajstić information content (AvgIpc) is 2.91. The van der Waals surface area contributed by atoms with E-state index in [-0.39, 0.29) is 22.1 Å². The van der Waals surface area contributed by atoms with Crippen molar-refractivity contribution in [2.24, 2.45) is 0 Å². The Labute approximate surface area is 164 Å². The third-order valence-corrected chi connectivity index (χ3v) is 4.37. The van der Waals surface area contributed by atoms with E-state index in [1.165, 1.54) is 24.3 Å². The van der Waals surface area contributed by atoms with Gasteiger partial charge in [0, 0.05) is 10.9 Å². The van der Waals surface area contributed by atoms with Crippen LogP contribution < -0.4 is 0 Å². The van der Waals surface area contributed by atoms with E-state index in [9.17, 15) is 18.0 Å². The number of carbonyl (C=O) groups is 1. The Hall–Kier alpha value is -2.54. The molecule has 28 heavy (non-hydrogen) atoms. The molecule has 8 heteroatoms. The molecule has 0 atom stereocenters. The summed E-state index contributed by atoms with van der Waals surface area (Å²) in [5.41, 5.74) is -1.03. The van der Waals surface area contributed by atoms with Gasteiger partial charge in [0.05, 0.1) is 11.3 Å². The quantitative estimate of drug-likeness (QED) is 0.432. The number of benzene rings is 1. The second kappa shape index (κ2) is 6.81. The maximum absolute atomic E-state index is 13.6. The van der Waals surface area contributed by atoms with Crippen LogP contribution in [0.3, 0.4) is 0 Å². The fourth-order valence-electron chi connectivity index (χ4n) is 2.86. The van der Waals surface area contributed by atoms with Gasteiger partial charge in [-0.3, -0.25) is 0 Å². The Kier molecular flexibility index (Phi) is 4.91. The molecular formula is C20H18ClF3N2O2. The van der Waals surface area contributed by atoms with Gasteiger partial charge < -0.3 is 4.74 Å². The first-order valence-corrected chi connectivity index (χ1v) is 8.85. The van der Waals surface area contributed by atoms with Gasteiger partial charge in [-0.25, -0.2) is 14.3 Å². The molecule has 4 nitrogen and oxygen atoms in total. The summed E-state index contributed by atoms with van der Waals surface area (Å²) in [7, 11) is 0. The Balaban J connectivity index is 2.35. The molecule has 0 N–H and O–H groups in total. The van der Waals surface area contributed by atoms with Gasteiger partial charge in [0.15, 0.2) is 5.65 Å². The Morgan fingerprint density at radius 1 is 1.14 bits per heavy atom. The highest BCUT2D eigenvalue weighted by Gasteiger charge is 2.35. The van der Waals surface area contributed by atoms with Crippen molar-refractivity contribution >= 4 is 28.7 Å².